The number of benzene rings is 2. The molecule has 0 amide bonds. The van der Waals surface area contributed by atoms with Gasteiger partial charge in [-0.05, 0) is 67.2 Å². The minimum atomic E-state index is -0.321. The molecule has 0 bridgehead atoms. The lowest BCUT2D eigenvalue weighted by atomic mass is 9.88. The summed E-state index contributed by atoms with van der Waals surface area (Å²) in [6, 6.07) is 14.4. The Morgan fingerprint density at radius 3 is 2.29 bits per heavy atom. The standard InChI is InChI=1S/C25H31FN4O/c1-18(2)19-3-5-20(6-4-19)24(29-17-28-16-27)15-30-13-11-22(12-14-30)25(31)21-7-9-23(26)10-8-21/h3-10,16-18,22,24H,11-15H2,1-2H3,(H2,27,28,29). The molecular weight excluding hydrogens is 391 g/mol. The van der Waals surface area contributed by atoms with E-state index in [0.717, 1.165) is 38.0 Å². The summed E-state index contributed by atoms with van der Waals surface area (Å²) < 4.78 is 13.1. The van der Waals surface area contributed by atoms with Crippen molar-refractivity contribution >= 4 is 18.5 Å². The van der Waals surface area contributed by atoms with Gasteiger partial charge in [0.05, 0.1) is 12.4 Å². The molecule has 1 heterocycles. The van der Waals surface area contributed by atoms with Gasteiger partial charge in [0.25, 0.3) is 0 Å². The smallest absolute Gasteiger partial charge is 0.166 e. The van der Waals surface area contributed by atoms with Crippen molar-refractivity contribution in [2.75, 3.05) is 19.6 Å². The molecule has 0 radical (unpaired) electrons. The summed E-state index contributed by atoms with van der Waals surface area (Å²) in [6.07, 6.45) is 4.32. The van der Waals surface area contributed by atoms with Crippen LogP contribution in [0.15, 0.2) is 58.5 Å². The van der Waals surface area contributed by atoms with Gasteiger partial charge in [-0.2, -0.15) is 0 Å². The molecule has 0 aliphatic carbocycles. The number of rotatable bonds is 8. The third-order valence-electron chi connectivity index (χ3n) is 5.91. The first kappa shape index (κ1) is 22.8. The molecule has 2 aromatic carbocycles. The van der Waals surface area contributed by atoms with E-state index in [0.29, 0.717) is 11.5 Å². The van der Waals surface area contributed by atoms with Gasteiger partial charge < -0.3 is 10.6 Å². The number of piperidine rings is 1. The average molecular weight is 423 g/mol. The highest BCUT2D eigenvalue weighted by Crippen LogP contribution is 2.26. The molecule has 0 saturated carbocycles. The molecule has 5 nitrogen and oxygen atoms in total. The van der Waals surface area contributed by atoms with Crippen LogP contribution in [0, 0.1) is 11.7 Å². The van der Waals surface area contributed by atoms with E-state index in [1.807, 2.05) is 0 Å². The van der Waals surface area contributed by atoms with E-state index in [4.69, 9.17) is 5.73 Å². The van der Waals surface area contributed by atoms with Crippen molar-refractivity contribution < 1.29 is 9.18 Å². The molecule has 164 valence electrons. The van der Waals surface area contributed by atoms with Crippen LogP contribution in [0.2, 0.25) is 0 Å². The van der Waals surface area contributed by atoms with Gasteiger partial charge in [0, 0.05) is 18.0 Å². The molecule has 1 saturated heterocycles. The van der Waals surface area contributed by atoms with Gasteiger partial charge in [-0.15, -0.1) is 0 Å². The maximum atomic E-state index is 13.1. The Labute approximate surface area is 183 Å². The Hall–Kier alpha value is -2.86. The normalized spacial score (nSPS) is 17.0. The van der Waals surface area contributed by atoms with Crippen molar-refractivity contribution in [3.05, 3.63) is 71.0 Å². The first-order valence-corrected chi connectivity index (χ1v) is 10.8. The molecule has 6 heteroatoms. The number of nitrogens with two attached hydrogens (primary N) is 1. The lowest BCUT2D eigenvalue weighted by molar-refractivity contribution is 0.0836. The first-order chi connectivity index (χ1) is 15.0. The molecule has 31 heavy (non-hydrogen) atoms. The second-order valence-corrected chi connectivity index (χ2v) is 8.35. The van der Waals surface area contributed by atoms with Gasteiger partial charge in [0.15, 0.2) is 5.78 Å². The molecule has 1 fully saturated rings. The Kier molecular flexibility index (Phi) is 8.06. The number of likely N-dealkylation sites (tertiary alicyclic amines) is 1. The van der Waals surface area contributed by atoms with Crippen LogP contribution in [-0.2, 0) is 0 Å². The Bertz CT molecular complexity index is 898. The summed E-state index contributed by atoms with van der Waals surface area (Å²) >= 11 is 0. The number of aliphatic imine (C=N–C) groups is 2. The first-order valence-electron chi connectivity index (χ1n) is 10.8. The summed E-state index contributed by atoms with van der Waals surface area (Å²) in [6.45, 7) is 6.77. The topological polar surface area (TPSA) is 71.0 Å². The van der Waals surface area contributed by atoms with Gasteiger partial charge in [-0.1, -0.05) is 38.1 Å². The molecule has 3 rings (SSSR count). The summed E-state index contributed by atoms with van der Waals surface area (Å²) in [4.78, 5) is 23.6. The van der Waals surface area contributed by atoms with Gasteiger partial charge in [0.2, 0.25) is 0 Å². The summed E-state index contributed by atoms with van der Waals surface area (Å²) in [5.41, 5.74) is 8.37. The van der Waals surface area contributed by atoms with Crippen LogP contribution in [0.4, 0.5) is 4.39 Å². The van der Waals surface area contributed by atoms with Crippen LogP contribution < -0.4 is 5.73 Å². The van der Waals surface area contributed by atoms with E-state index in [1.54, 1.807) is 12.1 Å². The van der Waals surface area contributed by atoms with E-state index >= 15 is 0 Å². The molecule has 1 aliphatic heterocycles. The van der Waals surface area contributed by atoms with Gasteiger partial charge in [0.1, 0.15) is 12.2 Å². The molecule has 1 aliphatic rings. The van der Waals surface area contributed by atoms with Crippen LogP contribution in [0.5, 0.6) is 0 Å². The molecular formula is C25H31FN4O. The van der Waals surface area contributed by atoms with Crippen molar-refractivity contribution in [3.63, 3.8) is 0 Å². The van der Waals surface area contributed by atoms with E-state index in [2.05, 4.69) is 53.0 Å². The van der Waals surface area contributed by atoms with E-state index in [1.165, 1.54) is 30.4 Å². The number of carbonyl (C=O) groups excluding carboxylic acids is 1. The SMILES string of the molecule is CC(C)c1ccc(C(CN2CCC(C(=O)c3ccc(F)cc3)CC2)N=CN=CN)cc1. The molecule has 1 unspecified atom stereocenters. The predicted octanol–water partition coefficient (Wildman–Crippen LogP) is 4.60. The van der Waals surface area contributed by atoms with E-state index in [-0.39, 0.29) is 23.6 Å². The Morgan fingerprint density at radius 1 is 1.10 bits per heavy atom. The fraction of sp³-hybridized carbons (Fsp3) is 0.400. The molecule has 2 aromatic rings. The summed E-state index contributed by atoms with van der Waals surface area (Å²) in [7, 11) is 0. The fourth-order valence-electron chi connectivity index (χ4n) is 3.97. The predicted molar refractivity (Wildman–Crippen MR) is 124 cm³/mol. The lowest BCUT2D eigenvalue weighted by Gasteiger charge is -2.33. The molecule has 2 N–H and O–H groups in total. The molecule has 0 aromatic heterocycles. The van der Waals surface area contributed by atoms with Crippen molar-refractivity contribution in [1.29, 1.82) is 0 Å². The maximum absolute atomic E-state index is 13.1. The largest absolute Gasteiger partial charge is 0.390 e. The lowest BCUT2D eigenvalue weighted by Crippen LogP contribution is -2.38. The minimum absolute atomic E-state index is 0.0178. The number of carbonyl (C=O) groups is 1. The zero-order valence-electron chi connectivity index (χ0n) is 18.2. The minimum Gasteiger partial charge on any atom is -0.390 e. The monoisotopic (exact) mass is 422 g/mol. The van der Waals surface area contributed by atoms with Gasteiger partial charge in [-0.3, -0.25) is 9.79 Å². The molecule has 0 spiro atoms. The third kappa shape index (κ3) is 6.31. The number of hydrogen-bond donors (Lipinski definition) is 1. The van der Waals surface area contributed by atoms with Crippen LogP contribution in [0.3, 0.4) is 0 Å². The number of hydrogen-bond acceptors (Lipinski definition) is 3. The average Bonchev–Trinajstić information content (AvgIpc) is 2.79. The fourth-order valence-corrected chi connectivity index (χ4v) is 3.97. The van der Waals surface area contributed by atoms with Crippen LogP contribution in [-0.4, -0.2) is 43.0 Å². The summed E-state index contributed by atoms with van der Waals surface area (Å²) in [5, 5.41) is 0. The van der Waals surface area contributed by atoms with Crippen molar-refractivity contribution in [1.82, 2.24) is 4.90 Å². The van der Waals surface area contributed by atoms with Crippen LogP contribution in [0.1, 0.15) is 60.1 Å². The zero-order valence-corrected chi connectivity index (χ0v) is 18.2. The van der Waals surface area contributed by atoms with Crippen molar-refractivity contribution in [2.24, 2.45) is 21.6 Å². The highest BCUT2D eigenvalue weighted by Gasteiger charge is 2.27. The summed E-state index contributed by atoms with van der Waals surface area (Å²) in [5.74, 6) is 0.250. The van der Waals surface area contributed by atoms with Crippen molar-refractivity contribution in [3.8, 4) is 0 Å². The highest BCUT2D eigenvalue weighted by molar-refractivity contribution is 5.97. The number of nitrogens with zero attached hydrogens (tertiary/aromatic N) is 3. The number of halogens is 1. The highest BCUT2D eigenvalue weighted by atomic mass is 19.1. The number of Topliss-reactive ketones (excluding diaryl/α,β-unsaturated/α-hetero) is 1. The maximum Gasteiger partial charge on any atom is 0.166 e. The van der Waals surface area contributed by atoms with Crippen LogP contribution in [0.25, 0.3) is 0 Å². The number of ketones is 1. The zero-order chi connectivity index (χ0) is 22.2. The van der Waals surface area contributed by atoms with Gasteiger partial charge >= 0.3 is 0 Å². The molecule has 1 atom stereocenters. The van der Waals surface area contributed by atoms with E-state index in [9.17, 15) is 9.18 Å². The van der Waals surface area contributed by atoms with Crippen LogP contribution >= 0.6 is 0 Å². The second kappa shape index (κ2) is 11.0. The Balaban J connectivity index is 1.63. The van der Waals surface area contributed by atoms with E-state index < -0.39 is 0 Å². The second-order valence-electron chi connectivity index (χ2n) is 8.35. The quantitative estimate of drug-likeness (QED) is 0.384. The van der Waals surface area contributed by atoms with Gasteiger partial charge in [-0.25, -0.2) is 9.38 Å². The van der Waals surface area contributed by atoms with Crippen molar-refractivity contribution in [2.45, 2.75) is 38.6 Å². The Morgan fingerprint density at radius 2 is 1.71 bits per heavy atom. The third-order valence-corrected chi connectivity index (χ3v) is 5.91.